The second-order valence-electron chi connectivity index (χ2n) is 10.6. The van der Waals surface area contributed by atoms with Gasteiger partial charge >= 0.3 is 5.97 Å². The number of carbonyl (C=O) groups excluding carboxylic acids is 4. The molecule has 3 aromatic carbocycles. The minimum absolute atomic E-state index is 0.146. The average molecular weight is 543 g/mol. The van der Waals surface area contributed by atoms with Gasteiger partial charge in [-0.25, -0.2) is 4.79 Å². The predicted molar refractivity (Wildman–Crippen MR) is 146 cm³/mol. The van der Waals surface area contributed by atoms with Crippen LogP contribution in [-0.2, 0) is 19.1 Å². The smallest absolute Gasteiger partial charge is 0.338 e. The van der Waals surface area contributed by atoms with Crippen molar-refractivity contribution in [1.82, 2.24) is 0 Å². The lowest BCUT2D eigenvalue weighted by Crippen LogP contribution is -2.33. The molecular weight excluding hydrogens is 516 g/mol. The maximum absolute atomic E-state index is 13.5. The van der Waals surface area contributed by atoms with E-state index in [0.29, 0.717) is 27.9 Å². The van der Waals surface area contributed by atoms with E-state index in [-0.39, 0.29) is 41.0 Å². The molecule has 0 unspecified atom stereocenters. The summed E-state index contributed by atoms with van der Waals surface area (Å²) < 4.78 is 5.16. The van der Waals surface area contributed by atoms with Crippen LogP contribution in [0.5, 0.6) is 0 Å². The summed E-state index contributed by atoms with van der Waals surface area (Å²) in [5, 5.41) is 3.20. The zero-order chi connectivity index (χ0) is 27.3. The van der Waals surface area contributed by atoms with Gasteiger partial charge in [-0.3, -0.25) is 19.3 Å². The van der Waals surface area contributed by atoms with Crippen molar-refractivity contribution in [3.8, 4) is 0 Å². The predicted octanol–water partition coefficient (Wildman–Crippen LogP) is 5.37. The quantitative estimate of drug-likeness (QED) is 0.334. The van der Waals surface area contributed by atoms with Crippen LogP contribution in [-0.4, -0.2) is 30.3 Å². The van der Waals surface area contributed by atoms with Gasteiger partial charge in [0.1, 0.15) is 0 Å². The lowest BCUT2D eigenvalue weighted by molar-refractivity contribution is -0.123. The Morgan fingerprint density at radius 3 is 2.38 bits per heavy atom. The van der Waals surface area contributed by atoms with Gasteiger partial charge in [-0.1, -0.05) is 48.0 Å². The third-order valence-electron chi connectivity index (χ3n) is 8.48. The summed E-state index contributed by atoms with van der Waals surface area (Å²) in [6.45, 7) is 1.31. The zero-order valence-corrected chi connectivity index (χ0v) is 22.1. The van der Waals surface area contributed by atoms with Crippen molar-refractivity contribution in [2.75, 3.05) is 16.8 Å². The Kier molecular flexibility index (Phi) is 6.47. The molecule has 1 aliphatic heterocycles. The monoisotopic (exact) mass is 542 g/mol. The fraction of sp³-hybridized carbons (Fsp3) is 0.290. The van der Waals surface area contributed by atoms with E-state index in [9.17, 15) is 19.2 Å². The van der Waals surface area contributed by atoms with E-state index in [0.717, 1.165) is 12.8 Å². The van der Waals surface area contributed by atoms with Gasteiger partial charge in [-0.15, -0.1) is 0 Å². The van der Waals surface area contributed by atoms with E-state index >= 15 is 0 Å². The summed E-state index contributed by atoms with van der Waals surface area (Å²) >= 11 is 6.08. The molecule has 2 saturated carbocycles. The minimum atomic E-state index is -0.681. The first-order chi connectivity index (χ1) is 18.8. The van der Waals surface area contributed by atoms with E-state index in [2.05, 4.69) is 17.4 Å². The summed E-state index contributed by atoms with van der Waals surface area (Å²) in [5.74, 6) is -1.36. The van der Waals surface area contributed by atoms with Crippen molar-refractivity contribution in [2.45, 2.75) is 25.7 Å². The number of ether oxygens (including phenoxy) is 1. The lowest BCUT2D eigenvalue weighted by atomic mass is 9.73. The molecule has 0 radical (unpaired) electrons. The van der Waals surface area contributed by atoms with Crippen molar-refractivity contribution in [3.05, 3.63) is 94.5 Å². The summed E-state index contributed by atoms with van der Waals surface area (Å²) in [4.78, 5) is 53.0. The molecule has 198 valence electrons. The number of nitrogens with zero attached hydrogens (tertiary/aromatic N) is 1. The molecule has 1 saturated heterocycles. The van der Waals surface area contributed by atoms with Crippen LogP contribution in [0.4, 0.5) is 11.4 Å². The molecule has 2 aliphatic carbocycles. The van der Waals surface area contributed by atoms with Gasteiger partial charge in [0.05, 0.1) is 23.1 Å². The van der Waals surface area contributed by atoms with Crippen molar-refractivity contribution >= 4 is 46.7 Å². The molecular formula is C31H27ClN2O5. The Morgan fingerprint density at radius 1 is 0.923 bits per heavy atom. The highest BCUT2D eigenvalue weighted by Crippen LogP contribution is 2.61. The largest absolute Gasteiger partial charge is 0.452 e. The normalized spacial score (nSPS) is 25.1. The fourth-order valence-electron chi connectivity index (χ4n) is 6.69. The Bertz CT molecular complexity index is 1470. The number of nitrogens with one attached hydrogen (secondary N) is 1. The number of carbonyl (C=O) groups is 4. The number of benzene rings is 3. The summed E-state index contributed by atoms with van der Waals surface area (Å²) in [7, 11) is 0. The van der Waals surface area contributed by atoms with Crippen LogP contribution in [0.25, 0.3) is 0 Å². The molecule has 8 heteroatoms. The number of esters is 1. The molecule has 3 amide bonds. The van der Waals surface area contributed by atoms with E-state index in [1.165, 1.54) is 22.6 Å². The van der Waals surface area contributed by atoms with E-state index < -0.39 is 18.5 Å². The van der Waals surface area contributed by atoms with Gasteiger partial charge in [-0.05, 0) is 85.0 Å². The number of imide groups is 1. The molecule has 0 spiro atoms. The van der Waals surface area contributed by atoms with Gasteiger partial charge < -0.3 is 10.1 Å². The Morgan fingerprint density at radius 2 is 1.64 bits per heavy atom. The van der Waals surface area contributed by atoms with Crippen LogP contribution in [0.15, 0.2) is 72.8 Å². The molecule has 0 aromatic heterocycles. The first-order valence-electron chi connectivity index (χ1n) is 13.1. The summed E-state index contributed by atoms with van der Waals surface area (Å²) in [5.41, 5.74) is 3.16. The number of anilines is 2. The van der Waals surface area contributed by atoms with Crippen LogP contribution in [0.2, 0.25) is 5.02 Å². The Hall–Kier alpha value is -3.97. The van der Waals surface area contributed by atoms with Gasteiger partial charge in [0.25, 0.3) is 5.91 Å². The van der Waals surface area contributed by atoms with Gasteiger partial charge in [-0.2, -0.15) is 0 Å². The van der Waals surface area contributed by atoms with Crippen LogP contribution in [0, 0.1) is 30.6 Å². The SMILES string of the molecule is Cc1c(Cl)cccc1NC(=O)COC(=O)c1ccc(N2C(=O)[C@@H]3[C@@H]4C[C@@H]([C@@H]3C2=O)[C@@H](c2ccccc2)C4)cc1. The molecule has 3 aliphatic rings. The number of amides is 3. The molecule has 1 N–H and O–H groups in total. The fourth-order valence-corrected chi connectivity index (χ4v) is 6.86. The number of halogens is 1. The molecule has 6 rings (SSSR count). The highest BCUT2D eigenvalue weighted by molar-refractivity contribution is 6.31. The number of rotatable bonds is 6. The van der Waals surface area contributed by atoms with Crippen molar-refractivity contribution in [2.24, 2.45) is 23.7 Å². The molecule has 2 bridgehead atoms. The standard InChI is InChI=1S/C31H27ClN2O5/c1-17-24(32)8-5-9-25(17)33-26(35)16-39-31(38)19-10-12-21(13-11-19)34-29(36)27-20-14-22(18-6-3-2-4-7-18)23(15-20)28(27)30(34)37/h2-13,20,22-23,27-28H,14-16H2,1H3,(H,33,35)/t20-,22+,23+,27+,28-/m0/s1. The second-order valence-corrected chi connectivity index (χ2v) is 11.0. The molecule has 7 nitrogen and oxygen atoms in total. The number of fused-ring (bicyclic) bond motifs is 5. The first-order valence-corrected chi connectivity index (χ1v) is 13.5. The summed E-state index contributed by atoms with van der Waals surface area (Å²) in [6, 6.07) is 21.6. The highest BCUT2D eigenvalue weighted by atomic mass is 35.5. The van der Waals surface area contributed by atoms with Crippen LogP contribution in [0.3, 0.4) is 0 Å². The van der Waals surface area contributed by atoms with Crippen LogP contribution >= 0.6 is 11.6 Å². The maximum atomic E-state index is 13.5. The molecule has 5 atom stereocenters. The number of hydrogen-bond donors (Lipinski definition) is 1. The molecule has 3 fully saturated rings. The van der Waals surface area contributed by atoms with Gasteiger partial charge in [0, 0.05) is 10.7 Å². The zero-order valence-electron chi connectivity index (χ0n) is 21.3. The molecule has 1 heterocycles. The molecule has 39 heavy (non-hydrogen) atoms. The number of hydrogen-bond acceptors (Lipinski definition) is 5. The van der Waals surface area contributed by atoms with E-state index in [4.69, 9.17) is 16.3 Å². The van der Waals surface area contributed by atoms with E-state index in [1.54, 1.807) is 37.3 Å². The second kappa shape index (κ2) is 9.97. The summed E-state index contributed by atoms with van der Waals surface area (Å²) in [6.07, 6.45) is 1.84. The minimum Gasteiger partial charge on any atom is -0.452 e. The average Bonchev–Trinajstić information content (AvgIpc) is 3.62. The molecule has 3 aromatic rings. The van der Waals surface area contributed by atoms with Crippen molar-refractivity contribution < 1.29 is 23.9 Å². The highest BCUT2D eigenvalue weighted by Gasteiger charge is 2.64. The maximum Gasteiger partial charge on any atom is 0.338 e. The van der Waals surface area contributed by atoms with Crippen molar-refractivity contribution in [3.63, 3.8) is 0 Å². The van der Waals surface area contributed by atoms with Gasteiger partial charge in [0.2, 0.25) is 11.8 Å². The van der Waals surface area contributed by atoms with Crippen molar-refractivity contribution in [1.29, 1.82) is 0 Å². The Labute approximate surface area is 231 Å². The lowest BCUT2D eigenvalue weighted by Gasteiger charge is -2.28. The third-order valence-corrected chi connectivity index (χ3v) is 8.89. The van der Waals surface area contributed by atoms with E-state index in [1.807, 2.05) is 18.2 Å². The Balaban J connectivity index is 1.10. The van der Waals surface area contributed by atoms with Crippen LogP contribution < -0.4 is 10.2 Å². The van der Waals surface area contributed by atoms with Gasteiger partial charge in [0.15, 0.2) is 6.61 Å². The first kappa shape index (κ1) is 25.3. The third kappa shape index (κ3) is 4.40. The topological polar surface area (TPSA) is 92.8 Å². The van der Waals surface area contributed by atoms with Crippen LogP contribution in [0.1, 0.15) is 40.2 Å².